The van der Waals surface area contributed by atoms with Crippen molar-refractivity contribution in [2.75, 3.05) is 13.2 Å². The summed E-state index contributed by atoms with van der Waals surface area (Å²) in [6.07, 6.45) is 15.7. The van der Waals surface area contributed by atoms with Crippen molar-refractivity contribution in [1.82, 2.24) is 0 Å². The Balaban J connectivity index is 1.38. The SMILES string of the molecule is CC1CCC(/C=C/C2COC(C3CCC(C)CC3)OC2)CC1. The first-order chi connectivity index (χ1) is 10.7. The molecule has 0 aromatic rings. The van der Waals surface area contributed by atoms with Crippen LogP contribution < -0.4 is 0 Å². The quantitative estimate of drug-likeness (QED) is 0.668. The Kier molecular flexibility index (Phi) is 5.98. The van der Waals surface area contributed by atoms with Crippen molar-refractivity contribution in [3.05, 3.63) is 12.2 Å². The molecule has 1 heterocycles. The van der Waals surface area contributed by atoms with Gasteiger partial charge in [0.1, 0.15) is 0 Å². The molecule has 0 aromatic heterocycles. The lowest BCUT2D eigenvalue weighted by atomic mass is 9.82. The average molecular weight is 306 g/mol. The monoisotopic (exact) mass is 306 g/mol. The van der Waals surface area contributed by atoms with Gasteiger partial charge in [-0.05, 0) is 43.4 Å². The lowest BCUT2D eigenvalue weighted by Crippen LogP contribution is -2.37. The number of ether oxygens (including phenoxy) is 2. The first-order valence-electron chi connectivity index (χ1n) is 9.62. The normalized spacial score (nSPS) is 44.3. The van der Waals surface area contributed by atoms with Crippen molar-refractivity contribution in [3.8, 4) is 0 Å². The molecular weight excluding hydrogens is 272 g/mol. The van der Waals surface area contributed by atoms with E-state index in [0.717, 1.165) is 31.0 Å². The molecule has 0 spiro atoms. The van der Waals surface area contributed by atoms with Gasteiger partial charge in [-0.25, -0.2) is 0 Å². The molecule has 22 heavy (non-hydrogen) atoms. The van der Waals surface area contributed by atoms with Crippen LogP contribution in [0.5, 0.6) is 0 Å². The molecule has 2 saturated carbocycles. The summed E-state index contributed by atoms with van der Waals surface area (Å²) >= 11 is 0. The molecule has 0 amide bonds. The molecule has 0 bridgehead atoms. The van der Waals surface area contributed by atoms with Gasteiger partial charge in [-0.15, -0.1) is 0 Å². The van der Waals surface area contributed by atoms with E-state index in [0.29, 0.717) is 11.8 Å². The van der Waals surface area contributed by atoms with Gasteiger partial charge in [0, 0.05) is 11.8 Å². The highest BCUT2D eigenvalue weighted by atomic mass is 16.7. The number of hydrogen-bond donors (Lipinski definition) is 0. The van der Waals surface area contributed by atoms with Crippen molar-refractivity contribution in [3.63, 3.8) is 0 Å². The molecule has 3 rings (SSSR count). The summed E-state index contributed by atoms with van der Waals surface area (Å²) in [5, 5.41) is 0. The molecule has 2 heteroatoms. The summed E-state index contributed by atoms with van der Waals surface area (Å²) in [5.74, 6) is 3.74. The van der Waals surface area contributed by atoms with Crippen LogP contribution >= 0.6 is 0 Å². The van der Waals surface area contributed by atoms with E-state index in [-0.39, 0.29) is 6.29 Å². The lowest BCUT2D eigenvalue weighted by Gasteiger charge is -2.36. The summed E-state index contributed by atoms with van der Waals surface area (Å²) in [4.78, 5) is 0. The summed E-state index contributed by atoms with van der Waals surface area (Å²) in [7, 11) is 0. The second-order valence-electron chi connectivity index (χ2n) is 8.22. The van der Waals surface area contributed by atoms with Crippen LogP contribution in [0, 0.1) is 29.6 Å². The maximum atomic E-state index is 6.05. The lowest BCUT2D eigenvalue weighted by molar-refractivity contribution is -0.222. The second kappa shape index (κ2) is 7.97. The molecule has 0 unspecified atom stereocenters. The third-order valence-electron chi connectivity index (χ3n) is 6.11. The van der Waals surface area contributed by atoms with Crippen molar-refractivity contribution in [2.24, 2.45) is 29.6 Å². The Morgan fingerprint density at radius 1 is 0.636 bits per heavy atom. The van der Waals surface area contributed by atoms with Gasteiger partial charge in [0.05, 0.1) is 13.2 Å². The van der Waals surface area contributed by atoms with E-state index in [2.05, 4.69) is 26.0 Å². The predicted molar refractivity (Wildman–Crippen MR) is 90.6 cm³/mol. The van der Waals surface area contributed by atoms with Crippen LogP contribution in [0.3, 0.4) is 0 Å². The van der Waals surface area contributed by atoms with Gasteiger partial charge in [0.2, 0.25) is 0 Å². The Morgan fingerprint density at radius 3 is 1.73 bits per heavy atom. The van der Waals surface area contributed by atoms with E-state index in [1.807, 2.05) is 0 Å². The zero-order chi connectivity index (χ0) is 15.4. The van der Waals surface area contributed by atoms with Crippen molar-refractivity contribution < 1.29 is 9.47 Å². The number of allylic oxidation sites excluding steroid dienone is 1. The summed E-state index contributed by atoms with van der Waals surface area (Å²) in [6.45, 7) is 6.47. The highest BCUT2D eigenvalue weighted by Crippen LogP contribution is 2.34. The minimum Gasteiger partial charge on any atom is -0.352 e. The van der Waals surface area contributed by atoms with Gasteiger partial charge in [-0.1, -0.05) is 51.7 Å². The van der Waals surface area contributed by atoms with Crippen molar-refractivity contribution in [1.29, 1.82) is 0 Å². The van der Waals surface area contributed by atoms with Gasteiger partial charge in [-0.3, -0.25) is 0 Å². The van der Waals surface area contributed by atoms with E-state index in [9.17, 15) is 0 Å². The van der Waals surface area contributed by atoms with E-state index >= 15 is 0 Å². The largest absolute Gasteiger partial charge is 0.352 e. The highest BCUT2D eigenvalue weighted by molar-refractivity contribution is 4.95. The van der Waals surface area contributed by atoms with E-state index in [1.165, 1.54) is 51.4 Å². The third kappa shape index (κ3) is 4.58. The molecule has 0 radical (unpaired) electrons. The Bertz CT molecular complexity index is 341. The zero-order valence-electron chi connectivity index (χ0n) is 14.5. The van der Waals surface area contributed by atoms with Gasteiger partial charge in [0.15, 0.2) is 6.29 Å². The number of hydrogen-bond acceptors (Lipinski definition) is 2. The smallest absolute Gasteiger partial charge is 0.160 e. The fourth-order valence-electron chi connectivity index (χ4n) is 4.27. The van der Waals surface area contributed by atoms with E-state index in [1.54, 1.807) is 0 Å². The van der Waals surface area contributed by atoms with Crippen molar-refractivity contribution in [2.45, 2.75) is 71.5 Å². The average Bonchev–Trinajstić information content (AvgIpc) is 2.56. The summed E-state index contributed by atoms with van der Waals surface area (Å²) < 4.78 is 12.1. The first kappa shape index (κ1) is 16.5. The van der Waals surface area contributed by atoms with Crippen LogP contribution in [0.2, 0.25) is 0 Å². The van der Waals surface area contributed by atoms with Gasteiger partial charge in [0.25, 0.3) is 0 Å². The fraction of sp³-hybridized carbons (Fsp3) is 0.900. The molecule has 2 aliphatic carbocycles. The van der Waals surface area contributed by atoms with E-state index < -0.39 is 0 Å². The highest BCUT2D eigenvalue weighted by Gasteiger charge is 2.31. The number of rotatable bonds is 3. The fourth-order valence-corrected chi connectivity index (χ4v) is 4.27. The van der Waals surface area contributed by atoms with Crippen LogP contribution in [0.4, 0.5) is 0 Å². The molecule has 1 saturated heterocycles. The van der Waals surface area contributed by atoms with Crippen molar-refractivity contribution >= 4 is 0 Å². The van der Waals surface area contributed by atoms with Crippen LogP contribution in [-0.4, -0.2) is 19.5 Å². The van der Waals surface area contributed by atoms with Gasteiger partial charge in [-0.2, -0.15) is 0 Å². The summed E-state index contributed by atoms with van der Waals surface area (Å²) in [6, 6.07) is 0. The Labute approximate surface area is 136 Å². The maximum Gasteiger partial charge on any atom is 0.160 e. The van der Waals surface area contributed by atoms with Crippen LogP contribution in [0.15, 0.2) is 12.2 Å². The van der Waals surface area contributed by atoms with Crippen LogP contribution in [-0.2, 0) is 9.47 Å². The van der Waals surface area contributed by atoms with Crippen LogP contribution in [0.25, 0.3) is 0 Å². The molecular formula is C20H34O2. The van der Waals surface area contributed by atoms with E-state index in [4.69, 9.17) is 9.47 Å². The third-order valence-corrected chi connectivity index (χ3v) is 6.11. The predicted octanol–water partition coefficient (Wildman–Crippen LogP) is 5.18. The Hall–Kier alpha value is -0.340. The van der Waals surface area contributed by atoms with Gasteiger partial charge >= 0.3 is 0 Å². The molecule has 3 fully saturated rings. The minimum atomic E-state index is 0.0766. The topological polar surface area (TPSA) is 18.5 Å². The Morgan fingerprint density at radius 2 is 1.14 bits per heavy atom. The minimum absolute atomic E-state index is 0.0766. The molecule has 1 aliphatic heterocycles. The van der Waals surface area contributed by atoms with Gasteiger partial charge < -0.3 is 9.47 Å². The molecule has 126 valence electrons. The first-order valence-corrected chi connectivity index (χ1v) is 9.62. The standard InChI is InChI=1S/C20H34O2/c1-15-3-7-17(8-4-15)9-10-18-13-21-20(22-14-18)19-11-5-16(2)6-12-19/h9-10,15-20H,3-8,11-14H2,1-2H3/b10-9+. The molecule has 0 atom stereocenters. The molecule has 0 N–H and O–H groups in total. The van der Waals surface area contributed by atoms with Crippen LogP contribution in [0.1, 0.15) is 65.2 Å². The zero-order valence-corrected chi connectivity index (χ0v) is 14.5. The second-order valence-corrected chi connectivity index (χ2v) is 8.22. The maximum absolute atomic E-state index is 6.05. The molecule has 3 aliphatic rings. The molecule has 0 aromatic carbocycles. The molecule has 2 nitrogen and oxygen atoms in total. The summed E-state index contributed by atoms with van der Waals surface area (Å²) in [5.41, 5.74) is 0.